The molecular weight excluding hydrogens is 215 g/mol. The molecule has 3 rings (SSSR count). The Morgan fingerprint density at radius 1 is 1.18 bits per heavy atom. The molecule has 0 unspecified atom stereocenters. The average molecular weight is 228 g/mol. The third-order valence-electron chi connectivity index (χ3n) is 3.85. The highest BCUT2D eigenvalue weighted by molar-refractivity contribution is 5.90. The van der Waals surface area contributed by atoms with Crippen LogP contribution in [0, 0.1) is 5.82 Å². The van der Waals surface area contributed by atoms with Gasteiger partial charge in [-0.05, 0) is 41.3 Å². The van der Waals surface area contributed by atoms with E-state index in [1.165, 1.54) is 12.1 Å². The van der Waals surface area contributed by atoms with E-state index in [0.29, 0.717) is 0 Å². The summed E-state index contributed by atoms with van der Waals surface area (Å²) in [6.45, 7) is 0. The number of rotatable bonds is 2. The van der Waals surface area contributed by atoms with Crippen LogP contribution in [0.3, 0.4) is 0 Å². The van der Waals surface area contributed by atoms with E-state index in [1.807, 2.05) is 18.2 Å². The number of hydrogen-bond acceptors (Lipinski definition) is 1. The number of aldehydes is 1. The first-order chi connectivity index (χ1) is 8.25. The lowest BCUT2D eigenvalue weighted by atomic mass is 9.64. The zero-order chi connectivity index (χ0) is 11.9. The molecule has 2 heteroatoms. The first-order valence-corrected chi connectivity index (χ1v) is 5.90. The molecule has 1 saturated carbocycles. The molecule has 86 valence electrons. The van der Waals surface area contributed by atoms with Crippen molar-refractivity contribution < 1.29 is 9.18 Å². The van der Waals surface area contributed by atoms with Crippen LogP contribution in [0.1, 0.15) is 24.8 Å². The van der Waals surface area contributed by atoms with Crippen LogP contribution in [0.25, 0.3) is 10.8 Å². The molecule has 2 aromatic rings. The number of carbonyl (C=O) groups is 1. The van der Waals surface area contributed by atoms with E-state index in [-0.39, 0.29) is 11.2 Å². The van der Waals surface area contributed by atoms with Gasteiger partial charge in [0, 0.05) is 0 Å². The fraction of sp³-hybridized carbons (Fsp3) is 0.267. The van der Waals surface area contributed by atoms with Crippen LogP contribution in [0.2, 0.25) is 0 Å². The molecule has 1 aliphatic carbocycles. The van der Waals surface area contributed by atoms with Crippen LogP contribution < -0.4 is 0 Å². The Morgan fingerprint density at radius 3 is 2.65 bits per heavy atom. The first-order valence-electron chi connectivity index (χ1n) is 5.90. The topological polar surface area (TPSA) is 17.1 Å². The predicted octanol–water partition coefficient (Wildman–Crippen LogP) is 3.60. The summed E-state index contributed by atoms with van der Waals surface area (Å²) >= 11 is 0. The molecule has 0 saturated heterocycles. The fourth-order valence-electron chi connectivity index (χ4n) is 2.69. The van der Waals surface area contributed by atoms with Crippen LogP contribution in [-0.2, 0) is 10.2 Å². The maximum atomic E-state index is 13.3. The van der Waals surface area contributed by atoms with Gasteiger partial charge in [0.05, 0.1) is 5.41 Å². The Bertz CT molecular complexity index is 584. The smallest absolute Gasteiger partial charge is 0.130 e. The van der Waals surface area contributed by atoms with Gasteiger partial charge in [-0.25, -0.2) is 4.39 Å². The number of carbonyl (C=O) groups excluding carboxylic acids is 1. The minimum absolute atomic E-state index is 0.245. The molecule has 0 amide bonds. The number of hydrogen-bond donors (Lipinski definition) is 0. The summed E-state index contributed by atoms with van der Waals surface area (Å²) in [5, 5.41) is 1.87. The van der Waals surface area contributed by atoms with Gasteiger partial charge >= 0.3 is 0 Å². The van der Waals surface area contributed by atoms with Crippen LogP contribution in [0.15, 0.2) is 36.4 Å². The van der Waals surface area contributed by atoms with Gasteiger partial charge in [-0.3, -0.25) is 0 Å². The normalized spacial score (nSPS) is 17.7. The third kappa shape index (κ3) is 1.47. The molecule has 0 spiro atoms. The summed E-state index contributed by atoms with van der Waals surface area (Å²) in [6.07, 6.45) is 3.87. The molecule has 17 heavy (non-hydrogen) atoms. The second kappa shape index (κ2) is 3.66. The lowest BCUT2D eigenvalue weighted by Gasteiger charge is -2.37. The van der Waals surface area contributed by atoms with E-state index in [9.17, 15) is 9.18 Å². The number of benzene rings is 2. The molecule has 0 bridgehead atoms. The monoisotopic (exact) mass is 228 g/mol. The van der Waals surface area contributed by atoms with E-state index in [2.05, 4.69) is 0 Å². The summed E-state index contributed by atoms with van der Waals surface area (Å²) in [4.78, 5) is 11.3. The fourth-order valence-corrected chi connectivity index (χ4v) is 2.69. The predicted molar refractivity (Wildman–Crippen MR) is 65.5 cm³/mol. The van der Waals surface area contributed by atoms with Gasteiger partial charge in [0.1, 0.15) is 12.1 Å². The molecule has 0 N–H and O–H groups in total. The van der Waals surface area contributed by atoms with Crippen LogP contribution in [-0.4, -0.2) is 6.29 Å². The summed E-state index contributed by atoms with van der Waals surface area (Å²) in [5.74, 6) is -0.245. The lowest BCUT2D eigenvalue weighted by Crippen LogP contribution is -2.35. The maximum Gasteiger partial charge on any atom is 0.130 e. The second-order valence-electron chi connectivity index (χ2n) is 4.80. The largest absolute Gasteiger partial charge is 0.302 e. The summed E-state index contributed by atoms with van der Waals surface area (Å²) in [6, 6.07) is 10.6. The van der Waals surface area contributed by atoms with E-state index < -0.39 is 0 Å². The standard InChI is InChI=1S/C15H13FO/c16-12-6-5-11-3-1-4-14(13(11)9-12)15(10-17)7-2-8-15/h1,3-6,9-10H,2,7-8H2. The Balaban J connectivity index is 2.28. The Hall–Kier alpha value is -1.70. The molecule has 1 fully saturated rings. The van der Waals surface area contributed by atoms with Crippen molar-refractivity contribution in [2.75, 3.05) is 0 Å². The molecule has 2 aromatic carbocycles. The molecule has 0 aromatic heterocycles. The van der Waals surface area contributed by atoms with E-state index >= 15 is 0 Å². The molecule has 0 heterocycles. The van der Waals surface area contributed by atoms with Crippen molar-refractivity contribution in [2.24, 2.45) is 0 Å². The summed E-state index contributed by atoms with van der Waals surface area (Å²) < 4.78 is 13.3. The zero-order valence-corrected chi connectivity index (χ0v) is 9.45. The number of fused-ring (bicyclic) bond motifs is 1. The maximum absolute atomic E-state index is 13.3. The minimum atomic E-state index is -0.368. The van der Waals surface area contributed by atoms with Gasteiger partial charge in [0.25, 0.3) is 0 Å². The van der Waals surface area contributed by atoms with Crippen molar-refractivity contribution in [1.29, 1.82) is 0 Å². The molecule has 0 radical (unpaired) electrons. The third-order valence-corrected chi connectivity index (χ3v) is 3.85. The lowest BCUT2D eigenvalue weighted by molar-refractivity contribution is -0.115. The molecule has 1 aliphatic rings. The Morgan fingerprint density at radius 2 is 2.00 bits per heavy atom. The van der Waals surface area contributed by atoms with Crippen molar-refractivity contribution in [3.8, 4) is 0 Å². The van der Waals surface area contributed by atoms with E-state index in [4.69, 9.17) is 0 Å². The Labute approximate surface area is 99.3 Å². The minimum Gasteiger partial charge on any atom is -0.302 e. The molecule has 1 nitrogen and oxygen atoms in total. The van der Waals surface area contributed by atoms with Crippen molar-refractivity contribution in [1.82, 2.24) is 0 Å². The van der Waals surface area contributed by atoms with E-state index in [0.717, 1.165) is 41.9 Å². The molecule has 0 atom stereocenters. The average Bonchev–Trinajstić information content (AvgIpc) is 2.29. The van der Waals surface area contributed by atoms with Gasteiger partial charge < -0.3 is 4.79 Å². The first kappa shape index (κ1) is 10.5. The van der Waals surface area contributed by atoms with Gasteiger partial charge in [-0.1, -0.05) is 30.7 Å². The second-order valence-corrected chi connectivity index (χ2v) is 4.80. The van der Waals surface area contributed by atoms with Crippen molar-refractivity contribution in [3.05, 3.63) is 47.8 Å². The Kier molecular flexibility index (Phi) is 2.25. The number of halogens is 1. The summed E-state index contributed by atoms with van der Waals surface area (Å²) in [5.41, 5.74) is 0.614. The van der Waals surface area contributed by atoms with Gasteiger partial charge in [-0.2, -0.15) is 0 Å². The van der Waals surface area contributed by atoms with Gasteiger partial charge in [0.15, 0.2) is 0 Å². The highest BCUT2D eigenvalue weighted by Gasteiger charge is 2.39. The van der Waals surface area contributed by atoms with Gasteiger partial charge in [0.2, 0.25) is 0 Å². The van der Waals surface area contributed by atoms with Gasteiger partial charge in [-0.15, -0.1) is 0 Å². The SMILES string of the molecule is O=CC1(c2cccc3ccc(F)cc23)CCC1. The molecule has 0 aliphatic heterocycles. The van der Waals surface area contributed by atoms with Crippen molar-refractivity contribution in [3.63, 3.8) is 0 Å². The zero-order valence-electron chi connectivity index (χ0n) is 9.45. The van der Waals surface area contributed by atoms with E-state index in [1.54, 1.807) is 6.07 Å². The van der Waals surface area contributed by atoms with Crippen LogP contribution in [0.4, 0.5) is 4.39 Å². The molecular formula is C15H13FO. The van der Waals surface area contributed by atoms with Crippen molar-refractivity contribution in [2.45, 2.75) is 24.7 Å². The highest BCUT2D eigenvalue weighted by Crippen LogP contribution is 2.44. The van der Waals surface area contributed by atoms with Crippen LogP contribution >= 0.6 is 0 Å². The van der Waals surface area contributed by atoms with Crippen LogP contribution in [0.5, 0.6) is 0 Å². The highest BCUT2D eigenvalue weighted by atomic mass is 19.1. The quantitative estimate of drug-likeness (QED) is 0.718. The summed E-state index contributed by atoms with van der Waals surface area (Å²) in [7, 11) is 0. The van der Waals surface area contributed by atoms with Crippen molar-refractivity contribution >= 4 is 17.1 Å².